The van der Waals surface area contributed by atoms with Crippen molar-refractivity contribution in [2.24, 2.45) is 5.14 Å². The molecule has 3 N–H and O–H groups in total. The van der Waals surface area contributed by atoms with Gasteiger partial charge in [0.1, 0.15) is 5.75 Å². The maximum absolute atomic E-state index is 12.1. The minimum absolute atomic E-state index is 0.0615. The van der Waals surface area contributed by atoms with E-state index in [0.717, 1.165) is 11.1 Å². The predicted molar refractivity (Wildman–Crippen MR) is 97.6 cm³/mol. The summed E-state index contributed by atoms with van der Waals surface area (Å²) >= 11 is 6.02. The van der Waals surface area contributed by atoms with Crippen molar-refractivity contribution in [1.29, 1.82) is 0 Å². The van der Waals surface area contributed by atoms with Crippen molar-refractivity contribution < 1.29 is 17.9 Å². The highest BCUT2D eigenvalue weighted by molar-refractivity contribution is 7.89. The molecule has 0 atom stereocenters. The van der Waals surface area contributed by atoms with Crippen LogP contribution in [-0.2, 0) is 14.8 Å². The lowest BCUT2D eigenvalue weighted by molar-refractivity contribution is -0.118. The molecule has 0 aliphatic rings. The summed E-state index contributed by atoms with van der Waals surface area (Å²) < 4.78 is 28.5. The summed E-state index contributed by atoms with van der Waals surface area (Å²) in [6.07, 6.45) is 0. The number of benzene rings is 2. The number of anilines is 1. The third-order valence-corrected chi connectivity index (χ3v) is 4.89. The molecule has 0 aromatic heterocycles. The predicted octanol–water partition coefficient (Wildman–Crippen LogP) is 2.93. The van der Waals surface area contributed by atoms with Gasteiger partial charge in [0, 0.05) is 5.69 Å². The molecule has 0 heterocycles. The van der Waals surface area contributed by atoms with Crippen LogP contribution < -0.4 is 15.2 Å². The zero-order valence-electron chi connectivity index (χ0n) is 14.1. The summed E-state index contributed by atoms with van der Waals surface area (Å²) in [7, 11) is -3.87. The Morgan fingerprint density at radius 3 is 2.52 bits per heavy atom. The zero-order chi connectivity index (χ0) is 18.8. The van der Waals surface area contributed by atoms with Crippen LogP contribution >= 0.6 is 11.6 Å². The monoisotopic (exact) mass is 382 g/mol. The average molecular weight is 383 g/mol. The van der Waals surface area contributed by atoms with E-state index in [2.05, 4.69) is 5.32 Å². The largest absolute Gasteiger partial charge is 0.482 e. The molecule has 0 fully saturated rings. The number of carbonyl (C=O) groups excluding carboxylic acids is 1. The van der Waals surface area contributed by atoms with Crippen LogP contribution in [0.3, 0.4) is 0 Å². The Balaban J connectivity index is 2.15. The van der Waals surface area contributed by atoms with Gasteiger partial charge in [0.2, 0.25) is 10.0 Å². The molecule has 2 rings (SSSR count). The van der Waals surface area contributed by atoms with Gasteiger partial charge in [-0.2, -0.15) is 0 Å². The number of carbonyl (C=O) groups is 1. The first-order chi connectivity index (χ1) is 11.6. The van der Waals surface area contributed by atoms with Gasteiger partial charge in [-0.05, 0) is 61.7 Å². The van der Waals surface area contributed by atoms with E-state index in [-0.39, 0.29) is 11.5 Å². The van der Waals surface area contributed by atoms with Crippen LogP contribution in [0.25, 0.3) is 0 Å². The number of hydrogen-bond donors (Lipinski definition) is 2. The zero-order valence-corrected chi connectivity index (χ0v) is 15.7. The fourth-order valence-corrected chi connectivity index (χ4v) is 2.97. The summed E-state index contributed by atoms with van der Waals surface area (Å²) in [4.78, 5) is 12.1. The van der Waals surface area contributed by atoms with Crippen LogP contribution in [-0.4, -0.2) is 20.9 Å². The van der Waals surface area contributed by atoms with Crippen molar-refractivity contribution in [2.75, 3.05) is 11.9 Å². The first-order valence-electron chi connectivity index (χ1n) is 7.41. The Bertz CT molecular complexity index is 926. The lowest BCUT2D eigenvalue weighted by Crippen LogP contribution is -2.21. The van der Waals surface area contributed by atoms with Crippen LogP contribution in [0.15, 0.2) is 35.2 Å². The molecule has 0 saturated carbocycles. The van der Waals surface area contributed by atoms with Crippen molar-refractivity contribution in [2.45, 2.75) is 25.7 Å². The Morgan fingerprint density at radius 1 is 1.20 bits per heavy atom. The van der Waals surface area contributed by atoms with Crippen molar-refractivity contribution in [3.8, 4) is 5.75 Å². The maximum Gasteiger partial charge on any atom is 0.262 e. The van der Waals surface area contributed by atoms with E-state index in [9.17, 15) is 13.2 Å². The Labute approximate surface area is 152 Å². The second kappa shape index (κ2) is 7.43. The van der Waals surface area contributed by atoms with Crippen LogP contribution in [0.5, 0.6) is 5.75 Å². The number of ether oxygens (including phenoxy) is 1. The Morgan fingerprint density at radius 2 is 1.88 bits per heavy atom. The minimum atomic E-state index is -3.87. The van der Waals surface area contributed by atoms with Gasteiger partial charge in [-0.15, -0.1) is 0 Å². The van der Waals surface area contributed by atoms with Crippen molar-refractivity contribution in [3.63, 3.8) is 0 Å². The molecular formula is C17H19ClN2O4S. The molecule has 0 spiro atoms. The fraction of sp³-hybridized carbons (Fsp3) is 0.235. The highest BCUT2D eigenvalue weighted by atomic mass is 35.5. The van der Waals surface area contributed by atoms with Crippen LogP contribution in [0.2, 0.25) is 5.02 Å². The van der Waals surface area contributed by atoms with Crippen LogP contribution in [0.1, 0.15) is 16.7 Å². The van der Waals surface area contributed by atoms with Gasteiger partial charge in [0.05, 0.1) is 9.92 Å². The van der Waals surface area contributed by atoms with E-state index in [1.807, 2.05) is 13.0 Å². The topological polar surface area (TPSA) is 98.5 Å². The quantitative estimate of drug-likeness (QED) is 0.830. The normalized spacial score (nSPS) is 11.2. The van der Waals surface area contributed by atoms with Gasteiger partial charge in [-0.3, -0.25) is 4.79 Å². The van der Waals surface area contributed by atoms with Crippen molar-refractivity contribution >= 4 is 33.2 Å². The lowest BCUT2D eigenvalue weighted by atomic mass is 10.1. The Kier molecular flexibility index (Phi) is 5.72. The molecule has 2 aromatic carbocycles. The lowest BCUT2D eigenvalue weighted by Gasteiger charge is -2.13. The van der Waals surface area contributed by atoms with Gasteiger partial charge in [-0.25, -0.2) is 13.6 Å². The number of sulfonamides is 1. The highest BCUT2D eigenvalue weighted by Gasteiger charge is 2.15. The first kappa shape index (κ1) is 19.2. The standard InChI is InChI=1S/C17H19ClN2O4S/c1-10-4-5-14(18)16(6-10)24-9-17(21)20-15-8-13(25(19,22)23)7-11(2)12(15)3/h4-8H,9H2,1-3H3,(H,20,21)(H2,19,22,23). The first-order valence-corrected chi connectivity index (χ1v) is 9.33. The van der Waals surface area contributed by atoms with Gasteiger partial charge in [-0.1, -0.05) is 17.7 Å². The molecule has 1 amide bonds. The van der Waals surface area contributed by atoms with Crippen molar-refractivity contribution in [1.82, 2.24) is 0 Å². The molecule has 0 radical (unpaired) electrons. The molecule has 0 aliphatic heterocycles. The SMILES string of the molecule is Cc1ccc(Cl)c(OCC(=O)Nc2cc(S(N)(=O)=O)cc(C)c2C)c1. The number of halogens is 1. The van der Waals surface area contributed by atoms with Gasteiger partial charge in [0.15, 0.2) is 6.61 Å². The molecule has 2 aromatic rings. The highest BCUT2D eigenvalue weighted by Crippen LogP contribution is 2.26. The molecule has 0 bridgehead atoms. The molecule has 0 unspecified atom stereocenters. The Hall–Kier alpha value is -2.09. The van der Waals surface area contributed by atoms with Crippen molar-refractivity contribution in [3.05, 3.63) is 52.0 Å². The van der Waals surface area contributed by atoms with E-state index in [1.165, 1.54) is 12.1 Å². The number of nitrogens with one attached hydrogen (secondary N) is 1. The average Bonchev–Trinajstić information content (AvgIpc) is 2.51. The molecule has 8 heteroatoms. The number of aryl methyl sites for hydroxylation is 2. The third kappa shape index (κ3) is 4.94. The molecule has 0 saturated heterocycles. The second-order valence-corrected chi connectivity index (χ2v) is 7.70. The molecule has 25 heavy (non-hydrogen) atoms. The summed E-state index contributed by atoms with van der Waals surface area (Å²) in [6.45, 7) is 5.13. The van der Waals surface area contributed by atoms with Gasteiger partial charge in [0.25, 0.3) is 5.91 Å². The number of rotatable bonds is 5. The smallest absolute Gasteiger partial charge is 0.262 e. The summed E-state index contributed by atoms with van der Waals surface area (Å²) in [5, 5.41) is 8.21. The molecular weight excluding hydrogens is 364 g/mol. The summed E-state index contributed by atoms with van der Waals surface area (Å²) in [6, 6.07) is 8.04. The summed E-state index contributed by atoms with van der Waals surface area (Å²) in [5.74, 6) is -0.0327. The van der Waals surface area contributed by atoms with E-state index < -0.39 is 15.9 Å². The molecule has 134 valence electrons. The number of amides is 1. The van der Waals surface area contributed by atoms with Gasteiger partial charge >= 0.3 is 0 Å². The fourth-order valence-electron chi connectivity index (χ4n) is 2.17. The molecule has 6 nitrogen and oxygen atoms in total. The maximum atomic E-state index is 12.1. The molecule has 0 aliphatic carbocycles. The third-order valence-electron chi connectivity index (χ3n) is 3.69. The minimum Gasteiger partial charge on any atom is -0.482 e. The number of primary sulfonamides is 1. The van der Waals surface area contributed by atoms with Crippen LogP contribution in [0.4, 0.5) is 5.69 Å². The second-order valence-electron chi connectivity index (χ2n) is 5.73. The summed E-state index contributed by atoms with van der Waals surface area (Å²) in [5.41, 5.74) is 2.76. The van der Waals surface area contributed by atoms with E-state index in [4.69, 9.17) is 21.5 Å². The number of hydrogen-bond acceptors (Lipinski definition) is 4. The van der Waals surface area contributed by atoms with E-state index >= 15 is 0 Å². The van der Waals surface area contributed by atoms with E-state index in [1.54, 1.807) is 26.0 Å². The number of nitrogens with two attached hydrogens (primary N) is 1. The van der Waals surface area contributed by atoms with Gasteiger partial charge < -0.3 is 10.1 Å². The van der Waals surface area contributed by atoms with E-state index in [0.29, 0.717) is 22.0 Å². The van der Waals surface area contributed by atoms with Crippen LogP contribution in [0, 0.1) is 20.8 Å².